The van der Waals surface area contributed by atoms with E-state index in [0.717, 1.165) is 38.1 Å². The Labute approximate surface area is 181 Å². The fourth-order valence-corrected chi connectivity index (χ4v) is 7.13. The number of hydrogen-bond donors (Lipinski definition) is 0. The summed E-state index contributed by atoms with van der Waals surface area (Å²) in [4.78, 5) is 17.6. The predicted molar refractivity (Wildman–Crippen MR) is 115 cm³/mol. The van der Waals surface area contributed by atoms with E-state index in [1.807, 2.05) is 11.9 Å². The number of alkyl halides is 3. The van der Waals surface area contributed by atoms with Gasteiger partial charge in [0.25, 0.3) is 0 Å². The monoisotopic (exact) mass is 440 g/mol. The Morgan fingerprint density at radius 3 is 2.67 bits per heavy atom. The quantitative estimate of drug-likeness (QED) is 0.659. The van der Waals surface area contributed by atoms with Crippen molar-refractivity contribution in [2.24, 2.45) is 0 Å². The van der Waals surface area contributed by atoms with Gasteiger partial charge in [0.2, 0.25) is 5.91 Å². The molecule has 4 rings (SSSR count). The molecule has 1 amide bonds. The number of amides is 1. The molecule has 1 saturated carbocycles. The lowest BCUT2D eigenvalue weighted by atomic mass is 9.78. The van der Waals surface area contributed by atoms with E-state index in [-0.39, 0.29) is 23.1 Å². The zero-order valence-corrected chi connectivity index (χ0v) is 18.4. The molecule has 0 aromatic heterocycles. The first-order valence-corrected chi connectivity index (χ1v) is 12.1. The van der Waals surface area contributed by atoms with Crippen LogP contribution in [0.25, 0.3) is 0 Å². The Morgan fingerprint density at radius 1 is 1.23 bits per heavy atom. The third kappa shape index (κ3) is 4.67. The van der Waals surface area contributed by atoms with Crippen LogP contribution in [0.3, 0.4) is 0 Å². The number of thioether (sulfide) groups is 1. The van der Waals surface area contributed by atoms with E-state index in [1.54, 1.807) is 6.07 Å². The molecule has 0 N–H and O–H groups in total. The lowest BCUT2D eigenvalue weighted by Crippen LogP contribution is -2.57. The van der Waals surface area contributed by atoms with Crippen LogP contribution in [-0.2, 0) is 17.4 Å². The molecule has 1 aromatic carbocycles. The number of rotatable bonds is 4. The zero-order valence-electron chi connectivity index (χ0n) is 17.6. The molecule has 7 heteroatoms. The molecule has 1 aromatic rings. The third-order valence-electron chi connectivity index (χ3n) is 7.22. The number of carbonyl (C=O) groups is 1. The van der Waals surface area contributed by atoms with E-state index in [0.29, 0.717) is 11.6 Å². The number of nitrogens with zero attached hydrogens (tertiary/aromatic N) is 2. The topological polar surface area (TPSA) is 23.6 Å². The van der Waals surface area contributed by atoms with Gasteiger partial charge in [-0.25, -0.2) is 0 Å². The molecule has 1 aliphatic carbocycles. The second-order valence-electron chi connectivity index (χ2n) is 9.14. The Kier molecular flexibility index (Phi) is 6.40. The highest BCUT2D eigenvalue weighted by Crippen LogP contribution is 2.50. The third-order valence-corrected chi connectivity index (χ3v) is 8.90. The number of likely N-dealkylation sites (tertiary alicyclic amines) is 1. The van der Waals surface area contributed by atoms with Crippen molar-refractivity contribution in [3.63, 3.8) is 0 Å². The van der Waals surface area contributed by atoms with Gasteiger partial charge in [0.05, 0.1) is 12.0 Å². The molecule has 3 unspecified atom stereocenters. The summed E-state index contributed by atoms with van der Waals surface area (Å²) in [5, 5.41) is 0. The highest BCUT2D eigenvalue weighted by molar-refractivity contribution is 8.00. The fourth-order valence-electron chi connectivity index (χ4n) is 5.57. The maximum atomic E-state index is 13.2. The van der Waals surface area contributed by atoms with Crippen LogP contribution in [0, 0.1) is 0 Å². The number of halogens is 3. The number of benzene rings is 1. The van der Waals surface area contributed by atoms with Gasteiger partial charge in [-0.3, -0.25) is 9.69 Å². The summed E-state index contributed by atoms with van der Waals surface area (Å²) < 4.78 is 39.4. The normalized spacial score (nSPS) is 30.1. The molecule has 3 fully saturated rings. The molecule has 0 bridgehead atoms. The van der Waals surface area contributed by atoms with Gasteiger partial charge in [-0.05, 0) is 75.4 Å². The standard InChI is InChI=1S/C23H31F3N2OS/c1-27(21(29)15-17-6-4-7-18(14-17)23(24,25)26)20-16-22(9-5-13-30-22)10-8-19(20)28-11-2-3-12-28/h4,6-7,14,19-20H,2-3,5,8-13,15-16H2,1H3. The molecule has 3 nitrogen and oxygen atoms in total. The molecule has 2 aliphatic heterocycles. The lowest BCUT2D eigenvalue weighted by molar-refractivity contribution is -0.138. The van der Waals surface area contributed by atoms with Crippen LogP contribution < -0.4 is 0 Å². The number of hydrogen-bond acceptors (Lipinski definition) is 3. The molecular formula is C23H31F3N2OS. The van der Waals surface area contributed by atoms with Crippen molar-refractivity contribution in [1.82, 2.24) is 9.80 Å². The summed E-state index contributed by atoms with van der Waals surface area (Å²) in [6, 6.07) is 5.69. The van der Waals surface area contributed by atoms with Gasteiger partial charge < -0.3 is 4.90 Å². The molecule has 2 saturated heterocycles. The van der Waals surface area contributed by atoms with E-state index in [4.69, 9.17) is 0 Å². The van der Waals surface area contributed by atoms with Crippen molar-refractivity contribution in [1.29, 1.82) is 0 Å². The van der Waals surface area contributed by atoms with E-state index in [2.05, 4.69) is 16.7 Å². The molecule has 166 valence electrons. The number of carbonyl (C=O) groups excluding carboxylic acids is 1. The van der Waals surface area contributed by atoms with Gasteiger partial charge in [-0.1, -0.05) is 18.2 Å². The van der Waals surface area contributed by atoms with Gasteiger partial charge in [0.15, 0.2) is 0 Å². The zero-order chi connectivity index (χ0) is 21.4. The Hall–Kier alpha value is -1.21. The van der Waals surface area contributed by atoms with Crippen LogP contribution in [0.2, 0.25) is 0 Å². The molecule has 2 heterocycles. The van der Waals surface area contributed by atoms with Crippen LogP contribution in [0.1, 0.15) is 56.1 Å². The van der Waals surface area contributed by atoms with Gasteiger partial charge in [-0.15, -0.1) is 0 Å². The Balaban J connectivity index is 1.50. The second-order valence-corrected chi connectivity index (χ2v) is 10.7. The van der Waals surface area contributed by atoms with Crippen LogP contribution in [0.15, 0.2) is 24.3 Å². The minimum absolute atomic E-state index is 0.0176. The lowest BCUT2D eigenvalue weighted by Gasteiger charge is -2.48. The van der Waals surface area contributed by atoms with Crippen molar-refractivity contribution in [3.05, 3.63) is 35.4 Å². The SMILES string of the molecule is CN(C(=O)Cc1cccc(C(F)(F)F)c1)C1CC2(CCCS2)CCC1N1CCCC1. The van der Waals surface area contributed by atoms with E-state index in [9.17, 15) is 18.0 Å². The van der Waals surface area contributed by atoms with Crippen molar-refractivity contribution >= 4 is 17.7 Å². The van der Waals surface area contributed by atoms with Crippen molar-refractivity contribution in [3.8, 4) is 0 Å². The molecular weight excluding hydrogens is 409 g/mol. The summed E-state index contributed by atoms with van der Waals surface area (Å²) in [6.45, 7) is 2.19. The van der Waals surface area contributed by atoms with Crippen molar-refractivity contribution in [2.45, 2.75) is 74.4 Å². The van der Waals surface area contributed by atoms with E-state index >= 15 is 0 Å². The van der Waals surface area contributed by atoms with Gasteiger partial charge in [-0.2, -0.15) is 24.9 Å². The van der Waals surface area contributed by atoms with Crippen molar-refractivity contribution < 1.29 is 18.0 Å². The first kappa shape index (κ1) is 22.0. The summed E-state index contributed by atoms with van der Waals surface area (Å²) >= 11 is 2.07. The Morgan fingerprint density at radius 2 is 2.00 bits per heavy atom. The van der Waals surface area contributed by atoms with Crippen LogP contribution >= 0.6 is 11.8 Å². The van der Waals surface area contributed by atoms with Crippen LogP contribution in [0.5, 0.6) is 0 Å². The van der Waals surface area contributed by atoms with E-state index < -0.39 is 11.7 Å². The predicted octanol–water partition coefficient (Wildman–Crippen LogP) is 4.99. The average Bonchev–Trinajstić information content (AvgIpc) is 3.40. The first-order valence-electron chi connectivity index (χ1n) is 11.1. The summed E-state index contributed by atoms with van der Waals surface area (Å²) in [7, 11) is 1.86. The fraction of sp³-hybridized carbons (Fsp3) is 0.696. The molecule has 1 spiro atoms. The van der Waals surface area contributed by atoms with Crippen molar-refractivity contribution in [2.75, 3.05) is 25.9 Å². The second kappa shape index (κ2) is 8.73. The molecule has 3 atom stereocenters. The van der Waals surface area contributed by atoms with E-state index in [1.165, 1.54) is 43.9 Å². The molecule has 3 aliphatic rings. The van der Waals surface area contributed by atoms with Crippen LogP contribution in [0.4, 0.5) is 13.2 Å². The molecule has 30 heavy (non-hydrogen) atoms. The number of likely N-dealkylation sites (N-methyl/N-ethyl adjacent to an activating group) is 1. The Bertz CT molecular complexity index is 757. The first-order chi connectivity index (χ1) is 14.3. The van der Waals surface area contributed by atoms with Crippen LogP contribution in [-0.4, -0.2) is 58.4 Å². The summed E-state index contributed by atoms with van der Waals surface area (Å²) in [5.41, 5.74) is -0.260. The highest BCUT2D eigenvalue weighted by atomic mass is 32.2. The highest BCUT2D eigenvalue weighted by Gasteiger charge is 2.47. The van der Waals surface area contributed by atoms with Gasteiger partial charge in [0, 0.05) is 23.9 Å². The average molecular weight is 441 g/mol. The summed E-state index contributed by atoms with van der Waals surface area (Å²) in [5.74, 6) is 1.12. The largest absolute Gasteiger partial charge is 0.416 e. The smallest absolute Gasteiger partial charge is 0.341 e. The summed E-state index contributed by atoms with van der Waals surface area (Å²) in [6.07, 6.45) is 3.85. The molecule has 0 radical (unpaired) electrons. The minimum Gasteiger partial charge on any atom is -0.341 e. The van der Waals surface area contributed by atoms with Gasteiger partial charge in [0.1, 0.15) is 0 Å². The minimum atomic E-state index is -4.39. The van der Waals surface area contributed by atoms with Gasteiger partial charge >= 0.3 is 6.18 Å². The maximum absolute atomic E-state index is 13.2. The maximum Gasteiger partial charge on any atom is 0.416 e.